The third-order valence-corrected chi connectivity index (χ3v) is 3.54. The molecule has 0 radical (unpaired) electrons. The predicted molar refractivity (Wildman–Crippen MR) is 61.6 cm³/mol. The Bertz CT molecular complexity index is 534. The van der Waals surface area contributed by atoms with Crippen molar-refractivity contribution >= 4 is 21.9 Å². The summed E-state index contributed by atoms with van der Waals surface area (Å²) in [5, 5.41) is 8.45. The van der Waals surface area contributed by atoms with Crippen LogP contribution in [0, 0.1) is 5.82 Å². The van der Waals surface area contributed by atoms with E-state index in [1.807, 2.05) is 4.72 Å². The number of halogens is 1. The summed E-state index contributed by atoms with van der Waals surface area (Å²) in [4.78, 5) is 13.8. The highest BCUT2D eigenvalue weighted by atomic mass is 32.2. The number of anilines is 1. The fourth-order valence-corrected chi connectivity index (χ4v) is 1.98. The maximum Gasteiger partial charge on any atom is 0.304 e. The lowest BCUT2D eigenvalue weighted by Crippen LogP contribution is -2.34. The summed E-state index contributed by atoms with van der Waals surface area (Å²) in [6, 6.07) is 1.16. The minimum absolute atomic E-state index is 0.211. The maximum atomic E-state index is 13.2. The maximum absolute atomic E-state index is 13.2. The predicted octanol–water partition coefficient (Wildman–Crippen LogP) is 0.284. The van der Waals surface area contributed by atoms with Crippen molar-refractivity contribution in [3.05, 3.63) is 24.3 Å². The van der Waals surface area contributed by atoms with Crippen LogP contribution in [0.15, 0.2) is 18.5 Å². The molecule has 0 atom stereocenters. The molecule has 100 valence electrons. The van der Waals surface area contributed by atoms with Crippen molar-refractivity contribution < 1.29 is 22.7 Å². The summed E-state index contributed by atoms with van der Waals surface area (Å²) in [6.45, 7) is -0.211. The summed E-state index contributed by atoms with van der Waals surface area (Å²) in [5.74, 6) is -1.93. The second-order valence-electron chi connectivity index (χ2n) is 3.43. The van der Waals surface area contributed by atoms with Crippen LogP contribution in [-0.4, -0.2) is 42.4 Å². The smallest absolute Gasteiger partial charge is 0.304 e. The molecule has 0 aliphatic heterocycles. The lowest BCUT2D eigenvalue weighted by atomic mass is 10.4. The zero-order valence-electron chi connectivity index (χ0n) is 9.50. The second kappa shape index (κ2) is 5.74. The van der Waals surface area contributed by atoms with Gasteiger partial charge in [-0.15, -0.1) is 0 Å². The van der Waals surface area contributed by atoms with Crippen molar-refractivity contribution in [3.63, 3.8) is 0 Å². The molecule has 0 amide bonds. The molecule has 9 heteroatoms. The summed E-state index contributed by atoms with van der Waals surface area (Å²) in [7, 11) is -2.78. The fourth-order valence-electron chi connectivity index (χ4n) is 1.05. The van der Waals surface area contributed by atoms with Crippen molar-refractivity contribution in [2.24, 2.45) is 0 Å². The van der Waals surface area contributed by atoms with Gasteiger partial charge in [0, 0.05) is 19.8 Å². The van der Waals surface area contributed by atoms with Crippen LogP contribution in [0.2, 0.25) is 0 Å². The van der Waals surface area contributed by atoms with Crippen molar-refractivity contribution in [2.45, 2.75) is 6.42 Å². The lowest BCUT2D eigenvalue weighted by molar-refractivity contribution is -0.137. The summed E-state index contributed by atoms with van der Waals surface area (Å²) < 4.78 is 39.4. The van der Waals surface area contributed by atoms with Gasteiger partial charge in [-0.25, -0.2) is 4.39 Å². The molecular formula is C9H12FN3O4S. The molecule has 0 aliphatic carbocycles. The molecule has 1 aromatic heterocycles. The van der Waals surface area contributed by atoms with Gasteiger partial charge in [-0.2, -0.15) is 12.7 Å². The summed E-state index contributed by atoms with van der Waals surface area (Å²) in [6.07, 6.45) is 1.77. The van der Waals surface area contributed by atoms with Gasteiger partial charge in [0.1, 0.15) is 0 Å². The number of aromatic nitrogens is 1. The largest absolute Gasteiger partial charge is 0.481 e. The van der Waals surface area contributed by atoms with Crippen LogP contribution < -0.4 is 4.72 Å². The van der Waals surface area contributed by atoms with Gasteiger partial charge in [0.05, 0.1) is 18.3 Å². The number of carboxylic acid groups (broad SMARTS) is 1. The average molecular weight is 277 g/mol. The van der Waals surface area contributed by atoms with Gasteiger partial charge in [0.15, 0.2) is 5.82 Å². The SMILES string of the molecule is CN(CCC(=O)O)S(=O)(=O)Nc1ccncc1F. The number of hydrogen-bond acceptors (Lipinski definition) is 4. The van der Waals surface area contributed by atoms with Crippen LogP contribution in [0.5, 0.6) is 0 Å². The number of nitrogens with zero attached hydrogens (tertiary/aromatic N) is 2. The monoisotopic (exact) mass is 277 g/mol. The molecule has 1 rings (SSSR count). The molecule has 2 N–H and O–H groups in total. The van der Waals surface area contributed by atoms with Crippen LogP contribution >= 0.6 is 0 Å². The van der Waals surface area contributed by atoms with Crippen LogP contribution in [0.4, 0.5) is 10.1 Å². The Morgan fingerprint density at radius 2 is 2.28 bits per heavy atom. The van der Waals surface area contributed by atoms with Crippen molar-refractivity contribution in [1.29, 1.82) is 0 Å². The molecule has 0 bridgehead atoms. The first-order valence-corrected chi connectivity index (χ1v) is 6.32. The molecular weight excluding hydrogens is 265 g/mol. The molecule has 0 fully saturated rings. The molecule has 0 aromatic carbocycles. The van der Waals surface area contributed by atoms with Crippen LogP contribution in [-0.2, 0) is 15.0 Å². The number of nitrogens with one attached hydrogen (secondary N) is 1. The van der Waals surface area contributed by atoms with Gasteiger partial charge in [0.2, 0.25) is 0 Å². The Kier molecular flexibility index (Phi) is 4.56. The highest BCUT2D eigenvalue weighted by molar-refractivity contribution is 7.90. The quantitative estimate of drug-likeness (QED) is 0.778. The van der Waals surface area contributed by atoms with Gasteiger partial charge in [0.25, 0.3) is 0 Å². The van der Waals surface area contributed by atoms with Crippen LogP contribution in [0.25, 0.3) is 0 Å². The molecule has 1 aromatic rings. The van der Waals surface area contributed by atoms with Crippen molar-refractivity contribution in [2.75, 3.05) is 18.3 Å². The molecule has 18 heavy (non-hydrogen) atoms. The van der Waals surface area contributed by atoms with Gasteiger partial charge in [-0.1, -0.05) is 0 Å². The van der Waals surface area contributed by atoms with E-state index in [9.17, 15) is 17.6 Å². The van der Waals surface area contributed by atoms with E-state index in [1.165, 1.54) is 13.2 Å². The number of aliphatic carboxylic acids is 1. The Morgan fingerprint density at radius 1 is 1.61 bits per heavy atom. The zero-order valence-corrected chi connectivity index (χ0v) is 10.3. The van der Waals surface area contributed by atoms with Gasteiger partial charge >= 0.3 is 16.2 Å². The van der Waals surface area contributed by atoms with E-state index in [0.29, 0.717) is 0 Å². The topological polar surface area (TPSA) is 99.6 Å². The Hall–Kier alpha value is -1.74. The first-order valence-electron chi connectivity index (χ1n) is 4.88. The van der Waals surface area contributed by atoms with E-state index in [-0.39, 0.29) is 18.7 Å². The van der Waals surface area contributed by atoms with Crippen LogP contribution in [0.1, 0.15) is 6.42 Å². The molecule has 0 unspecified atom stereocenters. The molecule has 0 spiro atoms. The van der Waals surface area contributed by atoms with Crippen molar-refractivity contribution in [3.8, 4) is 0 Å². The first kappa shape index (κ1) is 14.3. The van der Waals surface area contributed by atoms with E-state index < -0.39 is 22.0 Å². The van der Waals surface area contributed by atoms with E-state index in [1.54, 1.807) is 0 Å². The number of rotatable bonds is 6. The van der Waals surface area contributed by atoms with Crippen molar-refractivity contribution in [1.82, 2.24) is 9.29 Å². The van der Waals surface area contributed by atoms with Gasteiger partial charge in [-0.05, 0) is 6.07 Å². The number of carboxylic acids is 1. The minimum atomic E-state index is -3.98. The fraction of sp³-hybridized carbons (Fsp3) is 0.333. The zero-order chi connectivity index (χ0) is 13.8. The number of pyridine rings is 1. The van der Waals surface area contributed by atoms with Gasteiger partial charge < -0.3 is 5.11 Å². The Balaban J connectivity index is 2.76. The third kappa shape index (κ3) is 3.93. The average Bonchev–Trinajstić information content (AvgIpc) is 2.28. The first-order chi connectivity index (χ1) is 8.33. The van der Waals surface area contributed by atoms with E-state index in [2.05, 4.69) is 4.98 Å². The normalized spacial score (nSPS) is 11.5. The van der Waals surface area contributed by atoms with E-state index >= 15 is 0 Å². The third-order valence-electron chi connectivity index (χ3n) is 2.06. The number of carbonyl (C=O) groups is 1. The van der Waals surface area contributed by atoms with E-state index in [4.69, 9.17) is 5.11 Å². The Morgan fingerprint density at radius 3 is 2.83 bits per heavy atom. The molecule has 0 saturated heterocycles. The highest BCUT2D eigenvalue weighted by Gasteiger charge is 2.19. The molecule has 1 heterocycles. The van der Waals surface area contributed by atoms with E-state index in [0.717, 1.165) is 16.6 Å². The van der Waals surface area contributed by atoms with Gasteiger partial charge in [-0.3, -0.25) is 14.5 Å². The number of hydrogen-bond donors (Lipinski definition) is 2. The standard InChI is InChI=1S/C9H12FN3O4S/c1-13(5-3-9(14)15)18(16,17)12-8-2-4-11-6-7(8)10/h2,4,6H,3,5H2,1H3,(H,11,12)(H,14,15). The second-order valence-corrected chi connectivity index (χ2v) is 5.21. The molecule has 0 aliphatic rings. The molecule has 0 saturated carbocycles. The summed E-state index contributed by atoms with van der Waals surface area (Å²) >= 11 is 0. The summed E-state index contributed by atoms with van der Waals surface area (Å²) in [5.41, 5.74) is -0.243. The lowest BCUT2D eigenvalue weighted by Gasteiger charge is -2.17. The molecule has 7 nitrogen and oxygen atoms in total. The van der Waals surface area contributed by atoms with Crippen LogP contribution in [0.3, 0.4) is 0 Å². The minimum Gasteiger partial charge on any atom is -0.481 e. The Labute approximate surface area is 103 Å². The highest BCUT2D eigenvalue weighted by Crippen LogP contribution is 2.14.